The molecular weight excluding hydrogens is 452 g/mol. The lowest BCUT2D eigenvalue weighted by molar-refractivity contribution is -0.137. The first kappa shape index (κ1) is 29.5. The van der Waals surface area contributed by atoms with Gasteiger partial charge in [-0.3, -0.25) is 4.79 Å². The molecule has 2 aromatic carbocycles. The third kappa shape index (κ3) is 6.98. The fourth-order valence-electron chi connectivity index (χ4n) is 3.96. The average molecular weight is 487 g/mol. The predicted molar refractivity (Wildman–Crippen MR) is 133 cm³/mol. The number of rotatable bonds is 10. The van der Waals surface area contributed by atoms with Crippen LogP contribution in [0.2, 0.25) is 0 Å². The van der Waals surface area contributed by atoms with Crippen molar-refractivity contribution in [2.45, 2.75) is 26.4 Å². The van der Waals surface area contributed by atoms with Crippen molar-refractivity contribution in [2.24, 2.45) is 0 Å². The average Bonchev–Trinajstić information content (AvgIpc) is 3.08. The van der Waals surface area contributed by atoms with Crippen LogP contribution >= 0.6 is 0 Å². The molecule has 1 aliphatic heterocycles. The van der Waals surface area contributed by atoms with E-state index in [-0.39, 0.29) is 11.4 Å². The minimum Gasteiger partial charge on any atom is -0.478 e. The van der Waals surface area contributed by atoms with Gasteiger partial charge in [-0.2, -0.15) is 0 Å². The molecule has 35 heavy (non-hydrogen) atoms. The van der Waals surface area contributed by atoms with Gasteiger partial charge in [0.05, 0.1) is 5.69 Å². The zero-order chi connectivity index (χ0) is 25.1. The van der Waals surface area contributed by atoms with E-state index >= 15 is 0 Å². The first-order valence-corrected chi connectivity index (χ1v) is 11.3. The molecule has 0 radical (unpaired) electrons. The van der Waals surface area contributed by atoms with Gasteiger partial charge < -0.3 is 30.2 Å². The molecule has 1 heterocycles. The number of fused-ring (bicyclic) bond motifs is 1. The van der Waals surface area contributed by atoms with Crippen LogP contribution in [0.5, 0.6) is 0 Å². The highest BCUT2D eigenvalue weighted by molar-refractivity contribution is 6.09. The Morgan fingerprint density at radius 3 is 2.00 bits per heavy atom. The molecule has 0 fully saturated rings. The van der Waals surface area contributed by atoms with Crippen molar-refractivity contribution in [1.29, 1.82) is 0 Å². The topological polar surface area (TPSA) is 139 Å². The van der Waals surface area contributed by atoms with E-state index in [9.17, 15) is 14.4 Å². The van der Waals surface area contributed by atoms with Gasteiger partial charge in [0, 0.05) is 37.4 Å². The van der Waals surface area contributed by atoms with E-state index in [1.165, 1.54) is 0 Å². The van der Waals surface area contributed by atoms with E-state index in [1.54, 1.807) is 0 Å². The molecule has 4 N–H and O–H groups in total. The number of benzene rings is 2. The molecule has 1 atom stereocenters. The monoisotopic (exact) mass is 486 g/mol. The summed E-state index contributed by atoms with van der Waals surface area (Å²) >= 11 is 0. The van der Waals surface area contributed by atoms with E-state index in [0.29, 0.717) is 25.3 Å². The van der Waals surface area contributed by atoms with E-state index in [2.05, 4.69) is 18.7 Å². The van der Waals surface area contributed by atoms with Gasteiger partial charge >= 0.3 is 11.9 Å². The molecule has 2 aromatic rings. The number of ether oxygens (including phenoxy) is 1. The number of hydrogen-bond acceptors (Lipinski definition) is 5. The summed E-state index contributed by atoms with van der Waals surface area (Å²) in [5, 5.41) is 15.6. The summed E-state index contributed by atoms with van der Waals surface area (Å²) in [7, 11) is 0. The molecule has 0 aliphatic carbocycles. The molecule has 0 bridgehead atoms. The molecule has 0 saturated heterocycles. The normalized spacial score (nSPS) is 16.5. The Labute approximate surface area is 205 Å². The van der Waals surface area contributed by atoms with E-state index in [0.717, 1.165) is 36.4 Å². The number of amides is 1. The van der Waals surface area contributed by atoms with Crippen molar-refractivity contribution < 1.29 is 34.8 Å². The number of nitrogens with zero attached hydrogens (tertiary/aromatic N) is 2. The summed E-state index contributed by atoms with van der Waals surface area (Å²) in [6, 6.07) is 17.9. The van der Waals surface area contributed by atoms with Crippen LogP contribution in [0, 0.1) is 0 Å². The minimum atomic E-state index is -1.26. The number of likely N-dealkylation sites (N-methyl/N-ethyl adjacent to an activating group) is 1. The van der Waals surface area contributed by atoms with E-state index < -0.39 is 17.5 Å². The van der Waals surface area contributed by atoms with Gasteiger partial charge in [-0.1, -0.05) is 62.4 Å². The number of para-hydroxylation sites is 1. The molecule has 190 valence electrons. The maximum Gasteiger partial charge on any atom is 0.328 e. The molecule has 1 amide bonds. The SMILES string of the molecule is CCOC1(c2ccccc2)C(=O)N(CCN(CC)CC)c2ccccc21.O.O=C(O)/C=C/C(=O)O. The molecule has 3 rings (SSSR count). The summed E-state index contributed by atoms with van der Waals surface area (Å²) in [5.74, 6) is -2.50. The van der Waals surface area contributed by atoms with Crippen molar-refractivity contribution in [1.82, 2.24) is 4.90 Å². The Bertz CT molecular complexity index is 990. The highest BCUT2D eigenvalue weighted by Gasteiger charge is 2.53. The Hall–Kier alpha value is -3.53. The van der Waals surface area contributed by atoms with Crippen molar-refractivity contribution >= 4 is 23.5 Å². The van der Waals surface area contributed by atoms with Crippen LogP contribution in [0.25, 0.3) is 0 Å². The Kier molecular flexibility index (Phi) is 11.8. The fraction of sp³-hybridized carbons (Fsp3) is 0.346. The second kappa shape index (κ2) is 14.0. The summed E-state index contributed by atoms with van der Waals surface area (Å²) in [5.41, 5.74) is 1.75. The fourth-order valence-corrected chi connectivity index (χ4v) is 3.96. The molecule has 9 heteroatoms. The van der Waals surface area contributed by atoms with Crippen LogP contribution in [0.4, 0.5) is 5.69 Å². The summed E-state index contributed by atoms with van der Waals surface area (Å²) < 4.78 is 6.20. The molecule has 0 aromatic heterocycles. The number of carboxylic acids is 2. The van der Waals surface area contributed by atoms with Gasteiger partial charge in [0.1, 0.15) is 0 Å². The highest BCUT2D eigenvalue weighted by atomic mass is 16.5. The maximum absolute atomic E-state index is 13.6. The number of aliphatic carboxylic acids is 2. The smallest absolute Gasteiger partial charge is 0.328 e. The van der Waals surface area contributed by atoms with Crippen LogP contribution < -0.4 is 4.90 Å². The van der Waals surface area contributed by atoms with Crippen LogP contribution in [0.15, 0.2) is 66.7 Å². The number of hydrogen-bond donors (Lipinski definition) is 2. The third-order valence-electron chi connectivity index (χ3n) is 5.56. The van der Waals surface area contributed by atoms with Crippen molar-refractivity contribution in [3.05, 3.63) is 77.9 Å². The van der Waals surface area contributed by atoms with E-state index in [4.69, 9.17) is 14.9 Å². The first-order chi connectivity index (χ1) is 16.3. The summed E-state index contributed by atoms with van der Waals surface area (Å²) in [6.07, 6.45) is 1.12. The largest absolute Gasteiger partial charge is 0.478 e. The van der Waals surface area contributed by atoms with Crippen LogP contribution in [0.3, 0.4) is 0 Å². The highest BCUT2D eigenvalue weighted by Crippen LogP contribution is 2.46. The van der Waals surface area contributed by atoms with Crippen molar-refractivity contribution in [2.75, 3.05) is 37.7 Å². The maximum atomic E-state index is 13.6. The lowest BCUT2D eigenvalue weighted by Gasteiger charge is -2.30. The Morgan fingerprint density at radius 1 is 0.943 bits per heavy atom. The van der Waals surface area contributed by atoms with Crippen LogP contribution in [-0.2, 0) is 24.7 Å². The number of carbonyl (C=O) groups excluding carboxylic acids is 1. The predicted octanol–water partition coefficient (Wildman–Crippen LogP) is 2.54. The first-order valence-electron chi connectivity index (χ1n) is 11.3. The molecule has 0 spiro atoms. The Morgan fingerprint density at radius 2 is 1.49 bits per heavy atom. The molecule has 1 unspecified atom stereocenters. The summed E-state index contributed by atoms with van der Waals surface area (Å²) in [6.45, 7) is 10.2. The molecule has 0 saturated carbocycles. The van der Waals surface area contributed by atoms with Crippen molar-refractivity contribution in [3.8, 4) is 0 Å². The van der Waals surface area contributed by atoms with E-state index in [1.807, 2.05) is 66.4 Å². The van der Waals surface area contributed by atoms with Gasteiger partial charge in [0.15, 0.2) is 5.60 Å². The lowest BCUT2D eigenvalue weighted by atomic mass is 9.87. The van der Waals surface area contributed by atoms with Gasteiger partial charge in [-0.15, -0.1) is 0 Å². The van der Waals surface area contributed by atoms with Crippen LogP contribution in [-0.4, -0.2) is 71.2 Å². The Balaban J connectivity index is 0.000000590. The number of anilines is 1. The number of carboxylic acid groups (broad SMARTS) is 2. The number of carbonyl (C=O) groups is 3. The molecule has 9 nitrogen and oxygen atoms in total. The molecular formula is C26H34N2O7. The third-order valence-corrected chi connectivity index (χ3v) is 5.56. The van der Waals surface area contributed by atoms with Crippen molar-refractivity contribution in [3.63, 3.8) is 0 Å². The van der Waals surface area contributed by atoms with Gasteiger partial charge in [0.2, 0.25) is 0 Å². The standard InChI is InChI=1S/C22H28N2O2.C4H4O4.H2O/c1-4-23(5-2)16-17-24-20-15-11-10-14-19(20)22(21(24)25,26-6-3)18-12-8-7-9-13-18;5-3(6)1-2-4(7)8;/h7-15H,4-6,16-17H2,1-3H3;1-2H,(H,5,6)(H,7,8);1H2/b;2-1+;. The van der Waals surface area contributed by atoms with Crippen LogP contribution in [0.1, 0.15) is 31.9 Å². The molecule has 1 aliphatic rings. The van der Waals surface area contributed by atoms with Gasteiger partial charge in [-0.25, -0.2) is 9.59 Å². The summed E-state index contributed by atoms with van der Waals surface area (Å²) in [4.78, 5) is 37.0. The minimum absolute atomic E-state index is 0. The zero-order valence-electron chi connectivity index (χ0n) is 20.3. The zero-order valence-corrected chi connectivity index (χ0v) is 20.3. The second-order valence-corrected chi connectivity index (χ2v) is 7.49. The van der Waals surface area contributed by atoms with Gasteiger partial charge in [-0.05, 0) is 31.6 Å². The lowest BCUT2D eigenvalue weighted by Crippen LogP contribution is -2.45. The van der Waals surface area contributed by atoms with Gasteiger partial charge in [0.25, 0.3) is 5.91 Å². The quantitative estimate of drug-likeness (QED) is 0.492. The second-order valence-electron chi connectivity index (χ2n) is 7.49.